The van der Waals surface area contributed by atoms with Crippen LogP contribution in [-0.2, 0) is 9.53 Å². The molecule has 1 aromatic rings. The lowest BCUT2D eigenvalue weighted by Gasteiger charge is -2.19. The lowest BCUT2D eigenvalue weighted by molar-refractivity contribution is -0.117. The number of rotatable bonds is 3. The molecule has 0 aliphatic rings. The summed E-state index contributed by atoms with van der Waals surface area (Å²) in [4.78, 5) is 21.0. The molecule has 6 nitrogen and oxygen atoms in total. The van der Waals surface area contributed by atoms with Crippen LogP contribution in [0.5, 0.6) is 5.75 Å². The summed E-state index contributed by atoms with van der Waals surface area (Å²) in [5, 5.41) is 2.20. The SMILES string of the molecule is CC(C)(C)OC(=O)NCC(N)=O.COc1cc(Br)ccc1C. The normalized spacial score (nSPS) is 10.1. The van der Waals surface area contributed by atoms with E-state index in [4.69, 9.17) is 15.2 Å². The zero-order chi connectivity index (χ0) is 17.3. The average molecular weight is 375 g/mol. The first-order valence-corrected chi connectivity index (χ1v) is 7.39. The fourth-order valence-corrected chi connectivity index (χ4v) is 1.61. The Bertz CT molecular complexity index is 513. The highest BCUT2D eigenvalue weighted by Gasteiger charge is 2.15. The third kappa shape index (κ3) is 10.0. The van der Waals surface area contributed by atoms with E-state index in [2.05, 4.69) is 21.2 Å². The van der Waals surface area contributed by atoms with E-state index in [0.717, 1.165) is 15.8 Å². The highest BCUT2D eigenvalue weighted by atomic mass is 79.9. The smallest absolute Gasteiger partial charge is 0.408 e. The standard InChI is InChI=1S/C8H9BrO.C7H14N2O3/c1-6-3-4-7(9)5-8(6)10-2;1-7(2,3)12-6(11)9-4-5(8)10/h3-5H,1-2H3;4H2,1-3H3,(H2,8,10)(H,9,11). The molecule has 3 N–H and O–H groups in total. The van der Waals surface area contributed by atoms with Gasteiger partial charge < -0.3 is 20.5 Å². The number of alkyl carbamates (subject to hydrolysis) is 1. The van der Waals surface area contributed by atoms with E-state index in [9.17, 15) is 9.59 Å². The van der Waals surface area contributed by atoms with Gasteiger partial charge in [0.1, 0.15) is 11.4 Å². The van der Waals surface area contributed by atoms with Crippen molar-refractivity contribution in [1.82, 2.24) is 5.32 Å². The summed E-state index contributed by atoms with van der Waals surface area (Å²) in [6.45, 7) is 7.02. The van der Waals surface area contributed by atoms with Crippen LogP contribution in [0.4, 0.5) is 4.79 Å². The van der Waals surface area contributed by atoms with E-state index < -0.39 is 17.6 Å². The topological polar surface area (TPSA) is 90.6 Å². The summed E-state index contributed by atoms with van der Waals surface area (Å²) in [6.07, 6.45) is -0.638. The van der Waals surface area contributed by atoms with Gasteiger partial charge in [0, 0.05) is 4.47 Å². The van der Waals surface area contributed by atoms with Crippen molar-refractivity contribution in [2.24, 2.45) is 5.73 Å². The van der Waals surface area contributed by atoms with Crippen LogP contribution in [0.25, 0.3) is 0 Å². The zero-order valence-electron chi connectivity index (χ0n) is 13.5. The maximum Gasteiger partial charge on any atom is 0.408 e. The van der Waals surface area contributed by atoms with E-state index in [1.54, 1.807) is 27.9 Å². The van der Waals surface area contributed by atoms with Crippen LogP contribution in [0.3, 0.4) is 0 Å². The van der Waals surface area contributed by atoms with Crippen LogP contribution in [0, 0.1) is 6.92 Å². The number of aryl methyl sites for hydroxylation is 1. The number of amides is 2. The average Bonchev–Trinajstić information content (AvgIpc) is 2.38. The Hall–Kier alpha value is -1.76. The van der Waals surface area contributed by atoms with Crippen molar-refractivity contribution in [2.75, 3.05) is 13.7 Å². The van der Waals surface area contributed by atoms with Crippen molar-refractivity contribution in [2.45, 2.75) is 33.3 Å². The molecular weight excluding hydrogens is 352 g/mol. The molecule has 0 saturated heterocycles. The molecule has 2 amide bonds. The Kier molecular flexibility index (Phi) is 8.55. The van der Waals surface area contributed by atoms with Crippen LogP contribution in [0.1, 0.15) is 26.3 Å². The number of hydrogen-bond acceptors (Lipinski definition) is 4. The van der Waals surface area contributed by atoms with E-state index >= 15 is 0 Å². The van der Waals surface area contributed by atoms with E-state index in [1.165, 1.54) is 0 Å². The Balaban J connectivity index is 0.000000406. The summed E-state index contributed by atoms with van der Waals surface area (Å²) in [5.41, 5.74) is 5.40. The van der Waals surface area contributed by atoms with Gasteiger partial charge in [-0.2, -0.15) is 0 Å². The van der Waals surface area contributed by atoms with Gasteiger partial charge in [-0.1, -0.05) is 22.0 Å². The lowest BCUT2D eigenvalue weighted by Crippen LogP contribution is -2.37. The number of nitrogens with one attached hydrogen (secondary N) is 1. The first-order valence-electron chi connectivity index (χ1n) is 6.60. The van der Waals surface area contributed by atoms with Gasteiger partial charge >= 0.3 is 6.09 Å². The molecule has 7 heteroatoms. The van der Waals surface area contributed by atoms with Crippen LogP contribution >= 0.6 is 15.9 Å². The predicted octanol–water partition coefficient (Wildman–Crippen LogP) is 2.76. The van der Waals surface area contributed by atoms with Crippen LogP contribution in [-0.4, -0.2) is 31.3 Å². The first kappa shape index (κ1) is 20.2. The third-order valence-corrected chi connectivity index (χ3v) is 2.67. The fraction of sp³-hybridized carbons (Fsp3) is 0.467. The molecule has 0 aromatic heterocycles. The first-order chi connectivity index (χ1) is 10.0. The molecule has 1 rings (SSSR count). The highest BCUT2D eigenvalue weighted by Crippen LogP contribution is 2.21. The number of hydrogen-bond donors (Lipinski definition) is 2. The molecule has 0 heterocycles. The largest absolute Gasteiger partial charge is 0.496 e. The second-order valence-corrected chi connectivity index (χ2v) is 6.35. The molecule has 1 aromatic carbocycles. The molecule has 124 valence electrons. The third-order valence-electron chi connectivity index (χ3n) is 2.18. The van der Waals surface area contributed by atoms with Crippen molar-refractivity contribution < 1.29 is 19.1 Å². The van der Waals surface area contributed by atoms with Crippen LogP contribution < -0.4 is 15.8 Å². The molecule has 0 saturated carbocycles. The van der Waals surface area contributed by atoms with E-state index in [-0.39, 0.29) is 6.54 Å². The van der Waals surface area contributed by atoms with Crippen molar-refractivity contribution >= 4 is 27.9 Å². The molecule has 0 fully saturated rings. The second kappa shape index (κ2) is 9.30. The fourth-order valence-electron chi connectivity index (χ4n) is 1.27. The molecular formula is C15H23BrN2O4. The molecule has 0 spiro atoms. The summed E-state index contributed by atoms with van der Waals surface area (Å²) >= 11 is 3.36. The maximum atomic E-state index is 10.8. The predicted molar refractivity (Wildman–Crippen MR) is 88.9 cm³/mol. The van der Waals surface area contributed by atoms with Crippen LogP contribution in [0.15, 0.2) is 22.7 Å². The van der Waals surface area contributed by atoms with Gasteiger partial charge in [0.15, 0.2) is 0 Å². The Morgan fingerprint density at radius 3 is 2.32 bits per heavy atom. The number of primary amides is 1. The molecule has 22 heavy (non-hydrogen) atoms. The van der Waals surface area contributed by atoms with Crippen LogP contribution in [0.2, 0.25) is 0 Å². The van der Waals surface area contributed by atoms with Crippen molar-refractivity contribution in [3.8, 4) is 5.75 Å². The molecule has 0 aliphatic heterocycles. The summed E-state index contributed by atoms with van der Waals surface area (Å²) in [5.74, 6) is 0.329. The lowest BCUT2D eigenvalue weighted by atomic mass is 10.2. The number of carbonyl (C=O) groups is 2. The minimum atomic E-state index is -0.638. The monoisotopic (exact) mass is 374 g/mol. The number of nitrogens with two attached hydrogens (primary N) is 1. The van der Waals surface area contributed by atoms with Crippen molar-refractivity contribution in [1.29, 1.82) is 0 Å². The molecule has 0 atom stereocenters. The maximum absolute atomic E-state index is 10.8. The Morgan fingerprint density at radius 1 is 1.32 bits per heavy atom. The van der Waals surface area contributed by atoms with Gasteiger partial charge in [0.25, 0.3) is 0 Å². The number of halogens is 1. The summed E-state index contributed by atoms with van der Waals surface area (Å²) < 4.78 is 11.0. The zero-order valence-corrected chi connectivity index (χ0v) is 15.1. The second-order valence-electron chi connectivity index (χ2n) is 5.44. The van der Waals surface area contributed by atoms with Gasteiger partial charge in [-0.15, -0.1) is 0 Å². The molecule has 0 unspecified atom stereocenters. The molecule has 0 aliphatic carbocycles. The van der Waals surface area contributed by atoms with Crippen molar-refractivity contribution in [3.63, 3.8) is 0 Å². The van der Waals surface area contributed by atoms with Gasteiger partial charge in [-0.3, -0.25) is 4.79 Å². The van der Waals surface area contributed by atoms with Gasteiger partial charge in [0.2, 0.25) is 5.91 Å². The molecule has 0 bridgehead atoms. The van der Waals surface area contributed by atoms with Gasteiger partial charge in [-0.25, -0.2) is 4.79 Å². The Labute approximate surface area is 139 Å². The summed E-state index contributed by atoms with van der Waals surface area (Å²) in [7, 11) is 1.68. The minimum absolute atomic E-state index is 0.199. The van der Waals surface area contributed by atoms with E-state index in [0.29, 0.717) is 0 Å². The number of methoxy groups -OCH3 is 1. The van der Waals surface area contributed by atoms with Crippen molar-refractivity contribution in [3.05, 3.63) is 28.2 Å². The highest BCUT2D eigenvalue weighted by molar-refractivity contribution is 9.10. The van der Waals surface area contributed by atoms with Gasteiger partial charge in [-0.05, 0) is 45.4 Å². The summed E-state index contributed by atoms with van der Waals surface area (Å²) in [6, 6.07) is 5.97. The number of ether oxygens (including phenoxy) is 2. The minimum Gasteiger partial charge on any atom is -0.496 e. The number of carbonyl (C=O) groups excluding carboxylic acids is 2. The Morgan fingerprint density at radius 2 is 1.91 bits per heavy atom. The quantitative estimate of drug-likeness (QED) is 0.850. The van der Waals surface area contributed by atoms with Gasteiger partial charge in [0.05, 0.1) is 13.7 Å². The molecule has 0 radical (unpaired) electrons. The van der Waals surface area contributed by atoms with E-state index in [1.807, 2.05) is 25.1 Å². The number of benzene rings is 1.